The standard InChI is InChI=1S/C15H32N2/c1-5-13(12-16)6-9-17-10-7-14(8-11-17)15(2,3)4/h13-14H,5-12,16H2,1-4H3. The van der Waals surface area contributed by atoms with Crippen molar-refractivity contribution >= 4 is 0 Å². The van der Waals surface area contributed by atoms with Crippen LogP contribution in [-0.2, 0) is 0 Å². The summed E-state index contributed by atoms with van der Waals surface area (Å²) in [5.74, 6) is 1.64. The molecule has 0 aromatic heterocycles. The second kappa shape index (κ2) is 6.75. The SMILES string of the molecule is CCC(CN)CCN1CCC(C(C)(C)C)CC1. The lowest BCUT2D eigenvalue weighted by Gasteiger charge is -2.39. The second-order valence-corrected chi connectivity index (χ2v) is 6.78. The lowest BCUT2D eigenvalue weighted by atomic mass is 9.75. The van der Waals surface area contributed by atoms with E-state index in [-0.39, 0.29) is 0 Å². The van der Waals surface area contributed by atoms with Gasteiger partial charge in [0.25, 0.3) is 0 Å². The molecule has 2 heteroatoms. The molecule has 0 radical (unpaired) electrons. The molecule has 0 aliphatic carbocycles. The molecular weight excluding hydrogens is 208 g/mol. The number of hydrogen-bond acceptors (Lipinski definition) is 2. The summed E-state index contributed by atoms with van der Waals surface area (Å²) in [6, 6.07) is 0. The van der Waals surface area contributed by atoms with Crippen molar-refractivity contribution < 1.29 is 0 Å². The molecule has 1 rings (SSSR count). The first-order valence-electron chi connectivity index (χ1n) is 7.39. The molecule has 2 nitrogen and oxygen atoms in total. The van der Waals surface area contributed by atoms with Gasteiger partial charge in [0.1, 0.15) is 0 Å². The summed E-state index contributed by atoms with van der Waals surface area (Å²) in [5.41, 5.74) is 6.25. The molecule has 1 saturated heterocycles. The van der Waals surface area contributed by atoms with Gasteiger partial charge in [-0.2, -0.15) is 0 Å². The van der Waals surface area contributed by atoms with Gasteiger partial charge in [-0.15, -0.1) is 0 Å². The highest BCUT2D eigenvalue weighted by Crippen LogP contribution is 2.34. The topological polar surface area (TPSA) is 29.3 Å². The van der Waals surface area contributed by atoms with Crippen LogP contribution in [0.3, 0.4) is 0 Å². The third-order valence-electron chi connectivity index (χ3n) is 4.58. The highest BCUT2D eigenvalue weighted by Gasteiger charge is 2.28. The van der Waals surface area contributed by atoms with Gasteiger partial charge in [0, 0.05) is 0 Å². The molecule has 1 aliphatic heterocycles. The molecule has 0 spiro atoms. The van der Waals surface area contributed by atoms with Crippen LogP contribution in [0.15, 0.2) is 0 Å². The van der Waals surface area contributed by atoms with E-state index >= 15 is 0 Å². The maximum atomic E-state index is 5.76. The predicted octanol–water partition coefficient (Wildman–Crippen LogP) is 3.12. The van der Waals surface area contributed by atoms with E-state index < -0.39 is 0 Å². The Kier molecular flexibility index (Phi) is 5.94. The molecular formula is C15H32N2. The van der Waals surface area contributed by atoms with Crippen molar-refractivity contribution in [2.45, 2.75) is 53.4 Å². The number of nitrogens with two attached hydrogens (primary N) is 1. The average molecular weight is 240 g/mol. The van der Waals surface area contributed by atoms with Gasteiger partial charge in [-0.05, 0) is 62.7 Å². The van der Waals surface area contributed by atoms with Crippen molar-refractivity contribution in [2.24, 2.45) is 23.0 Å². The minimum Gasteiger partial charge on any atom is -0.330 e. The summed E-state index contributed by atoms with van der Waals surface area (Å²) < 4.78 is 0. The van der Waals surface area contributed by atoms with Crippen LogP contribution in [0.5, 0.6) is 0 Å². The van der Waals surface area contributed by atoms with E-state index in [0.717, 1.165) is 18.4 Å². The van der Waals surface area contributed by atoms with E-state index in [1.165, 1.54) is 45.3 Å². The van der Waals surface area contributed by atoms with Crippen LogP contribution in [-0.4, -0.2) is 31.1 Å². The molecule has 102 valence electrons. The summed E-state index contributed by atoms with van der Waals surface area (Å²) >= 11 is 0. The minimum absolute atomic E-state index is 0.495. The minimum atomic E-state index is 0.495. The van der Waals surface area contributed by atoms with Crippen molar-refractivity contribution in [3.05, 3.63) is 0 Å². The largest absolute Gasteiger partial charge is 0.330 e. The fourth-order valence-electron chi connectivity index (χ4n) is 2.88. The first kappa shape index (κ1) is 15.0. The van der Waals surface area contributed by atoms with Crippen LogP contribution in [0.1, 0.15) is 53.4 Å². The summed E-state index contributed by atoms with van der Waals surface area (Å²) in [7, 11) is 0. The third-order valence-corrected chi connectivity index (χ3v) is 4.58. The van der Waals surface area contributed by atoms with Gasteiger partial charge < -0.3 is 10.6 Å². The molecule has 1 aliphatic rings. The molecule has 1 fully saturated rings. The highest BCUT2D eigenvalue weighted by atomic mass is 15.1. The van der Waals surface area contributed by atoms with Crippen molar-refractivity contribution in [2.75, 3.05) is 26.2 Å². The predicted molar refractivity (Wildman–Crippen MR) is 76.1 cm³/mol. The highest BCUT2D eigenvalue weighted by molar-refractivity contribution is 4.80. The lowest BCUT2D eigenvalue weighted by molar-refractivity contribution is 0.108. The first-order valence-corrected chi connectivity index (χ1v) is 7.39. The van der Waals surface area contributed by atoms with E-state index in [1.54, 1.807) is 0 Å². The molecule has 1 unspecified atom stereocenters. The first-order chi connectivity index (χ1) is 7.97. The number of piperidine rings is 1. The zero-order chi connectivity index (χ0) is 12.9. The summed E-state index contributed by atoms with van der Waals surface area (Å²) in [4.78, 5) is 2.64. The van der Waals surface area contributed by atoms with Gasteiger partial charge in [0.2, 0.25) is 0 Å². The van der Waals surface area contributed by atoms with Gasteiger partial charge in [-0.1, -0.05) is 34.1 Å². The summed E-state index contributed by atoms with van der Waals surface area (Å²) in [6.07, 6.45) is 5.27. The molecule has 2 N–H and O–H groups in total. The third kappa shape index (κ3) is 4.97. The number of hydrogen-bond donors (Lipinski definition) is 1. The summed E-state index contributed by atoms with van der Waals surface area (Å²) in [5, 5.41) is 0. The lowest BCUT2D eigenvalue weighted by Crippen LogP contribution is -2.39. The maximum Gasteiger partial charge on any atom is -0.00156 e. The fourth-order valence-corrected chi connectivity index (χ4v) is 2.88. The maximum absolute atomic E-state index is 5.76. The smallest absolute Gasteiger partial charge is 0.00156 e. The number of likely N-dealkylation sites (tertiary alicyclic amines) is 1. The Morgan fingerprint density at radius 3 is 2.24 bits per heavy atom. The van der Waals surface area contributed by atoms with Gasteiger partial charge in [-0.25, -0.2) is 0 Å². The normalized spacial score (nSPS) is 21.7. The van der Waals surface area contributed by atoms with Crippen LogP contribution in [0.4, 0.5) is 0 Å². The van der Waals surface area contributed by atoms with Crippen molar-refractivity contribution in [3.63, 3.8) is 0 Å². The molecule has 1 atom stereocenters. The fraction of sp³-hybridized carbons (Fsp3) is 1.00. The van der Waals surface area contributed by atoms with Crippen LogP contribution < -0.4 is 5.73 Å². The Labute approximate surface area is 108 Å². The molecule has 17 heavy (non-hydrogen) atoms. The van der Waals surface area contributed by atoms with Crippen LogP contribution in [0.25, 0.3) is 0 Å². The van der Waals surface area contributed by atoms with E-state index in [0.29, 0.717) is 5.41 Å². The van der Waals surface area contributed by atoms with E-state index in [9.17, 15) is 0 Å². The molecule has 0 aromatic carbocycles. The van der Waals surface area contributed by atoms with Crippen molar-refractivity contribution in [1.82, 2.24) is 4.90 Å². The monoisotopic (exact) mass is 240 g/mol. The quantitative estimate of drug-likeness (QED) is 0.800. The van der Waals surface area contributed by atoms with Gasteiger partial charge >= 0.3 is 0 Å². The molecule has 0 aromatic rings. The second-order valence-electron chi connectivity index (χ2n) is 6.78. The van der Waals surface area contributed by atoms with Crippen LogP contribution >= 0.6 is 0 Å². The molecule has 1 heterocycles. The zero-order valence-corrected chi connectivity index (χ0v) is 12.3. The van der Waals surface area contributed by atoms with E-state index in [2.05, 4.69) is 32.6 Å². The van der Waals surface area contributed by atoms with Gasteiger partial charge in [-0.3, -0.25) is 0 Å². The number of nitrogens with zero attached hydrogens (tertiary/aromatic N) is 1. The van der Waals surface area contributed by atoms with E-state index in [1.807, 2.05) is 0 Å². The Balaban J connectivity index is 2.23. The Morgan fingerprint density at radius 2 is 1.82 bits per heavy atom. The molecule has 0 amide bonds. The average Bonchev–Trinajstić information content (AvgIpc) is 2.30. The summed E-state index contributed by atoms with van der Waals surface area (Å²) in [6.45, 7) is 14.1. The molecule has 0 bridgehead atoms. The van der Waals surface area contributed by atoms with Crippen LogP contribution in [0.2, 0.25) is 0 Å². The Hall–Kier alpha value is -0.0800. The Bertz CT molecular complexity index is 195. The van der Waals surface area contributed by atoms with Crippen molar-refractivity contribution in [1.29, 1.82) is 0 Å². The zero-order valence-electron chi connectivity index (χ0n) is 12.3. The molecule has 0 saturated carbocycles. The van der Waals surface area contributed by atoms with Gasteiger partial charge in [0.05, 0.1) is 0 Å². The van der Waals surface area contributed by atoms with E-state index in [4.69, 9.17) is 5.73 Å². The van der Waals surface area contributed by atoms with Crippen molar-refractivity contribution in [3.8, 4) is 0 Å². The van der Waals surface area contributed by atoms with Crippen LogP contribution in [0, 0.1) is 17.3 Å². The van der Waals surface area contributed by atoms with Gasteiger partial charge in [0.15, 0.2) is 0 Å². The number of rotatable bonds is 5. The Morgan fingerprint density at radius 1 is 1.24 bits per heavy atom.